The highest BCUT2D eigenvalue weighted by Crippen LogP contribution is 2.75. The zero-order valence-electron chi connectivity index (χ0n) is 22.6. The van der Waals surface area contributed by atoms with Gasteiger partial charge in [0.2, 0.25) is 0 Å². The van der Waals surface area contributed by atoms with Gasteiger partial charge in [0.15, 0.2) is 0 Å². The second-order valence-corrected chi connectivity index (χ2v) is 14.9. The monoisotopic (exact) mass is 486 g/mol. The Morgan fingerprint density at radius 1 is 0.829 bits per heavy atom. The van der Waals surface area contributed by atoms with Crippen LogP contribution in [0.15, 0.2) is 11.6 Å². The second-order valence-electron chi connectivity index (χ2n) is 14.9. The lowest BCUT2D eigenvalue weighted by Gasteiger charge is -2.70. The van der Waals surface area contributed by atoms with Crippen LogP contribution in [0.5, 0.6) is 0 Å². The molecule has 8 atom stereocenters. The van der Waals surface area contributed by atoms with Crippen molar-refractivity contribution in [2.45, 2.75) is 112 Å². The molecule has 0 aromatic rings. The van der Waals surface area contributed by atoms with Crippen LogP contribution in [0.1, 0.15) is 106 Å². The molecule has 35 heavy (non-hydrogen) atoms. The van der Waals surface area contributed by atoms with Gasteiger partial charge in [-0.15, -0.1) is 0 Å². The van der Waals surface area contributed by atoms with E-state index in [1.54, 1.807) is 0 Å². The van der Waals surface area contributed by atoms with Crippen LogP contribution in [0.3, 0.4) is 0 Å². The predicted molar refractivity (Wildman–Crippen MR) is 135 cm³/mol. The summed E-state index contributed by atoms with van der Waals surface area (Å²) in [6.45, 7) is 13.4. The Kier molecular flexibility index (Phi) is 5.32. The minimum atomic E-state index is -0.999. The van der Waals surface area contributed by atoms with Gasteiger partial charge in [0, 0.05) is 0 Å². The zero-order valence-corrected chi connectivity index (χ0v) is 22.6. The Morgan fingerprint density at radius 2 is 1.49 bits per heavy atom. The molecule has 196 valence electrons. The van der Waals surface area contributed by atoms with Crippen LogP contribution in [0.4, 0.5) is 0 Å². The number of carboxylic acids is 2. The number of aliphatic hydroxyl groups is 1. The maximum absolute atomic E-state index is 13.5. The Bertz CT molecular complexity index is 979. The van der Waals surface area contributed by atoms with Crippen LogP contribution >= 0.6 is 0 Å². The van der Waals surface area contributed by atoms with Gasteiger partial charge >= 0.3 is 11.9 Å². The summed E-state index contributed by atoms with van der Waals surface area (Å²) in [6, 6.07) is 0. The third-order valence-electron chi connectivity index (χ3n) is 12.9. The number of allylic oxidation sites excluding steroid dienone is 1. The number of carboxylic acid groups (broad SMARTS) is 2. The van der Waals surface area contributed by atoms with Crippen LogP contribution in [-0.4, -0.2) is 33.4 Å². The summed E-state index contributed by atoms with van der Waals surface area (Å²) in [4.78, 5) is 26.3. The van der Waals surface area contributed by atoms with Gasteiger partial charge in [0.05, 0.1) is 16.9 Å². The van der Waals surface area contributed by atoms with E-state index in [4.69, 9.17) is 0 Å². The minimum absolute atomic E-state index is 0.0109. The lowest BCUT2D eigenvalue weighted by molar-refractivity contribution is -0.215. The molecule has 0 amide bonds. The number of aliphatic hydroxyl groups excluding tert-OH is 1. The normalized spacial score (nSPS) is 50.0. The number of aliphatic carboxylic acids is 2. The molecule has 0 bridgehead atoms. The predicted octanol–water partition coefficient (Wildman–Crippen LogP) is 6.30. The first-order chi connectivity index (χ1) is 16.1. The third-order valence-corrected chi connectivity index (χ3v) is 12.9. The van der Waals surface area contributed by atoms with Crippen LogP contribution in [0.2, 0.25) is 0 Å². The van der Waals surface area contributed by atoms with Crippen LogP contribution in [0, 0.1) is 50.2 Å². The second kappa shape index (κ2) is 7.36. The molecule has 5 nitrogen and oxygen atoms in total. The largest absolute Gasteiger partial charge is 0.481 e. The molecule has 0 heterocycles. The lowest BCUT2D eigenvalue weighted by atomic mass is 9.33. The molecule has 5 aliphatic rings. The van der Waals surface area contributed by atoms with Crippen molar-refractivity contribution < 1.29 is 24.9 Å². The Balaban J connectivity index is 1.67. The average Bonchev–Trinajstić information content (AvgIpc) is 2.75. The van der Waals surface area contributed by atoms with E-state index in [0.29, 0.717) is 25.2 Å². The molecule has 0 aliphatic heterocycles. The summed E-state index contributed by atoms with van der Waals surface area (Å²) in [6.07, 6.45) is 9.32. The van der Waals surface area contributed by atoms with Crippen molar-refractivity contribution in [3.8, 4) is 0 Å². The first-order valence-electron chi connectivity index (χ1n) is 13.9. The van der Waals surface area contributed by atoms with Crippen molar-refractivity contribution in [2.75, 3.05) is 0 Å². The van der Waals surface area contributed by atoms with Crippen molar-refractivity contribution in [1.82, 2.24) is 0 Å². The van der Waals surface area contributed by atoms with Crippen molar-refractivity contribution >= 4 is 11.9 Å². The number of fused-ring (bicyclic) bond motifs is 7. The summed E-state index contributed by atoms with van der Waals surface area (Å²) < 4.78 is 0. The molecule has 0 radical (unpaired) electrons. The standard InChI is InChI=1S/C30H46O5/c1-25(2)13-14-29(23(32)33)15-16-30(24(34)35)18(19(29)17-25)7-8-21-27(5)11-10-22(31)26(3,4)20(27)9-12-28(21,30)6/h7,19-22,31H,8-17H2,1-6H3,(H,32,33)(H,34,35)/t19-,20+,21-,22+,27+,28-,29+,30-/m1/s1. The van der Waals surface area contributed by atoms with Gasteiger partial charge in [-0.2, -0.15) is 0 Å². The minimum Gasteiger partial charge on any atom is -0.481 e. The fourth-order valence-electron chi connectivity index (χ4n) is 10.7. The molecule has 4 saturated carbocycles. The lowest BCUT2D eigenvalue weighted by Crippen LogP contribution is -2.67. The van der Waals surface area contributed by atoms with Gasteiger partial charge in [-0.1, -0.05) is 53.2 Å². The Morgan fingerprint density at radius 3 is 2.11 bits per heavy atom. The molecule has 5 rings (SSSR count). The quantitative estimate of drug-likeness (QED) is 0.398. The summed E-state index contributed by atoms with van der Waals surface area (Å²) in [5.41, 5.74) is -1.51. The van der Waals surface area contributed by atoms with E-state index in [0.717, 1.165) is 50.5 Å². The van der Waals surface area contributed by atoms with Crippen molar-refractivity contribution in [1.29, 1.82) is 0 Å². The van der Waals surface area contributed by atoms with E-state index < -0.39 is 28.2 Å². The van der Waals surface area contributed by atoms with Gasteiger partial charge in [-0.25, -0.2) is 0 Å². The smallest absolute Gasteiger partial charge is 0.314 e. The molecule has 0 unspecified atom stereocenters. The van der Waals surface area contributed by atoms with Crippen LogP contribution < -0.4 is 0 Å². The van der Waals surface area contributed by atoms with E-state index in [1.165, 1.54) is 0 Å². The van der Waals surface area contributed by atoms with Gasteiger partial charge in [0.25, 0.3) is 0 Å². The van der Waals surface area contributed by atoms with Crippen LogP contribution in [-0.2, 0) is 9.59 Å². The Hall–Kier alpha value is -1.36. The maximum atomic E-state index is 13.5. The summed E-state index contributed by atoms with van der Waals surface area (Å²) in [7, 11) is 0. The van der Waals surface area contributed by atoms with Gasteiger partial charge in [-0.3, -0.25) is 9.59 Å². The summed E-state index contributed by atoms with van der Waals surface area (Å²) >= 11 is 0. The molecule has 0 aromatic carbocycles. The maximum Gasteiger partial charge on any atom is 0.314 e. The van der Waals surface area contributed by atoms with Crippen molar-refractivity contribution in [2.24, 2.45) is 50.2 Å². The molecule has 5 aliphatic carbocycles. The molecule has 5 heteroatoms. The van der Waals surface area contributed by atoms with E-state index in [2.05, 4.69) is 47.6 Å². The fraction of sp³-hybridized carbons (Fsp3) is 0.867. The van der Waals surface area contributed by atoms with Crippen molar-refractivity contribution in [3.05, 3.63) is 11.6 Å². The zero-order chi connectivity index (χ0) is 25.8. The molecule has 4 fully saturated rings. The first-order valence-corrected chi connectivity index (χ1v) is 13.9. The Labute approximate surface area is 210 Å². The fourth-order valence-corrected chi connectivity index (χ4v) is 10.7. The molecular weight excluding hydrogens is 440 g/mol. The molecule has 0 saturated heterocycles. The topological polar surface area (TPSA) is 94.8 Å². The van der Waals surface area contributed by atoms with Crippen LogP contribution in [0.25, 0.3) is 0 Å². The number of rotatable bonds is 2. The van der Waals surface area contributed by atoms with E-state index in [-0.39, 0.29) is 34.2 Å². The number of hydrogen-bond donors (Lipinski definition) is 3. The SMILES string of the molecule is CC1(C)CC[C@]2(C(=O)O)CC[C@]3(C(=O)O)C(=CC[C@@H]4[C@@]5(C)CC[C@H](O)C(C)(C)[C@@H]5CC[C@]43C)[C@H]2C1. The van der Waals surface area contributed by atoms with Gasteiger partial charge in [0.1, 0.15) is 0 Å². The molecule has 0 spiro atoms. The highest BCUT2D eigenvalue weighted by Gasteiger charge is 2.73. The summed E-state index contributed by atoms with van der Waals surface area (Å²) in [5, 5.41) is 32.4. The van der Waals surface area contributed by atoms with Gasteiger partial charge in [-0.05, 0) is 104 Å². The number of carbonyl (C=O) groups is 2. The highest BCUT2D eigenvalue weighted by atomic mass is 16.4. The first kappa shape index (κ1) is 25.3. The third kappa shape index (κ3) is 2.97. The number of hydrogen-bond acceptors (Lipinski definition) is 3. The molecule has 3 N–H and O–H groups in total. The molecular formula is C30H46O5. The molecule has 0 aromatic heterocycles. The highest BCUT2D eigenvalue weighted by molar-refractivity contribution is 5.84. The van der Waals surface area contributed by atoms with E-state index in [9.17, 15) is 24.9 Å². The summed E-state index contributed by atoms with van der Waals surface area (Å²) in [5.74, 6) is -1.11. The van der Waals surface area contributed by atoms with Gasteiger partial charge < -0.3 is 15.3 Å². The van der Waals surface area contributed by atoms with E-state index in [1.807, 2.05) is 0 Å². The van der Waals surface area contributed by atoms with Crippen molar-refractivity contribution in [3.63, 3.8) is 0 Å². The average molecular weight is 487 g/mol. The van der Waals surface area contributed by atoms with E-state index >= 15 is 0 Å².